The van der Waals surface area contributed by atoms with Gasteiger partial charge in [-0.15, -0.1) is 0 Å². The highest BCUT2D eigenvalue weighted by atomic mass is 35.5. The maximum Gasteiger partial charge on any atom is 0.246 e. The quantitative estimate of drug-likeness (QED) is 0.686. The van der Waals surface area contributed by atoms with E-state index in [9.17, 15) is 4.79 Å². The van der Waals surface area contributed by atoms with Crippen LogP contribution in [0.4, 0.5) is 11.4 Å². The molecular weight excluding hydrogens is 188 g/mol. The fraction of sp³-hybridized carbons (Fsp3) is 0.222. The summed E-state index contributed by atoms with van der Waals surface area (Å²) in [4.78, 5) is 12.9. The Balaban J connectivity index is 2.55. The van der Waals surface area contributed by atoms with Crippen molar-refractivity contribution in [3.05, 3.63) is 23.2 Å². The molecule has 13 heavy (non-hydrogen) atoms. The van der Waals surface area contributed by atoms with E-state index in [0.29, 0.717) is 11.6 Å². The van der Waals surface area contributed by atoms with E-state index in [1.54, 1.807) is 18.0 Å². The van der Waals surface area contributed by atoms with Gasteiger partial charge in [0.25, 0.3) is 0 Å². The van der Waals surface area contributed by atoms with Crippen molar-refractivity contribution in [1.82, 2.24) is 0 Å². The van der Waals surface area contributed by atoms with Gasteiger partial charge in [0.15, 0.2) is 0 Å². The second-order valence-corrected chi connectivity index (χ2v) is 3.35. The van der Waals surface area contributed by atoms with Crippen LogP contribution < -0.4 is 10.2 Å². The highest BCUT2D eigenvalue weighted by Gasteiger charge is 2.21. The van der Waals surface area contributed by atoms with Crippen LogP contribution >= 0.6 is 11.6 Å². The van der Waals surface area contributed by atoms with E-state index in [0.717, 1.165) is 11.4 Å². The molecule has 3 nitrogen and oxygen atoms in total. The van der Waals surface area contributed by atoms with E-state index in [-0.39, 0.29) is 5.91 Å². The SMILES string of the molecule is CN1C(=O)CNc2c(Cl)cccc21. The molecule has 0 spiro atoms. The minimum absolute atomic E-state index is 0.0507. The van der Waals surface area contributed by atoms with Crippen LogP contribution in [0.1, 0.15) is 0 Å². The smallest absolute Gasteiger partial charge is 0.246 e. The molecule has 1 aromatic carbocycles. The van der Waals surface area contributed by atoms with Crippen molar-refractivity contribution >= 4 is 28.9 Å². The number of nitrogens with one attached hydrogen (secondary N) is 1. The van der Waals surface area contributed by atoms with Crippen LogP contribution in [0.15, 0.2) is 18.2 Å². The Hall–Kier alpha value is -1.22. The number of hydrogen-bond donors (Lipinski definition) is 1. The van der Waals surface area contributed by atoms with Gasteiger partial charge in [0, 0.05) is 7.05 Å². The maximum atomic E-state index is 11.3. The number of benzene rings is 1. The van der Waals surface area contributed by atoms with Crippen molar-refractivity contribution in [2.45, 2.75) is 0 Å². The fourth-order valence-electron chi connectivity index (χ4n) is 1.38. The third-order valence-electron chi connectivity index (χ3n) is 2.14. The first kappa shape index (κ1) is 8.38. The first-order valence-electron chi connectivity index (χ1n) is 3.99. The van der Waals surface area contributed by atoms with Gasteiger partial charge in [0.1, 0.15) is 0 Å². The largest absolute Gasteiger partial charge is 0.373 e. The lowest BCUT2D eigenvalue weighted by atomic mass is 10.2. The monoisotopic (exact) mass is 196 g/mol. The predicted octanol–water partition coefficient (Wildman–Crippen LogP) is 1.73. The van der Waals surface area contributed by atoms with Gasteiger partial charge < -0.3 is 10.2 Å². The second kappa shape index (κ2) is 2.92. The number of likely N-dealkylation sites (N-methyl/N-ethyl adjacent to an activating group) is 1. The predicted molar refractivity (Wildman–Crippen MR) is 53.4 cm³/mol. The fourth-order valence-corrected chi connectivity index (χ4v) is 1.62. The van der Waals surface area contributed by atoms with Crippen molar-refractivity contribution in [2.75, 3.05) is 23.8 Å². The highest BCUT2D eigenvalue weighted by Crippen LogP contribution is 2.34. The molecule has 68 valence electrons. The van der Waals surface area contributed by atoms with Gasteiger partial charge in [-0.3, -0.25) is 4.79 Å². The molecule has 0 aromatic heterocycles. The molecule has 0 fully saturated rings. The summed E-state index contributed by atoms with van der Waals surface area (Å²) in [6, 6.07) is 5.50. The Labute approximate surface area is 81.3 Å². The van der Waals surface area contributed by atoms with E-state index in [2.05, 4.69) is 5.32 Å². The minimum Gasteiger partial charge on any atom is -0.373 e. The molecule has 0 atom stereocenters. The minimum atomic E-state index is 0.0507. The van der Waals surface area contributed by atoms with Crippen molar-refractivity contribution in [1.29, 1.82) is 0 Å². The topological polar surface area (TPSA) is 32.3 Å². The standard InChI is InChI=1S/C9H9ClN2O/c1-12-7-4-2-3-6(10)9(7)11-5-8(12)13/h2-4,11H,5H2,1H3. The molecule has 1 amide bonds. The first-order chi connectivity index (χ1) is 6.20. The Kier molecular flexibility index (Phi) is 1.88. The maximum absolute atomic E-state index is 11.3. The number of halogens is 1. The zero-order valence-electron chi connectivity index (χ0n) is 7.17. The third kappa shape index (κ3) is 1.25. The normalized spacial score (nSPS) is 15.2. The van der Waals surface area contributed by atoms with E-state index in [4.69, 9.17) is 11.6 Å². The van der Waals surface area contributed by atoms with Crippen LogP contribution in [-0.4, -0.2) is 19.5 Å². The Bertz CT molecular complexity index is 365. The molecule has 4 heteroatoms. The van der Waals surface area contributed by atoms with Crippen LogP contribution in [0, 0.1) is 0 Å². The van der Waals surface area contributed by atoms with Gasteiger partial charge in [-0.25, -0.2) is 0 Å². The summed E-state index contributed by atoms with van der Waals surface area (Å²) < 4.78 is 0. The molecule has 1 N–H and O–H groups in total. The number of carbonyl (C=O) groups is 1. The number of amides is 1. The summed E-state index contributed by atoms with van der Waals surface area (Å²) in [5.74, 6) is 0.0507. The second-order valence-electron chi connectivity index (χ2n) is 2.94. The number of hydrogen-bond acceptors (Lipinski definition) is 2. The van der Waals surface area contributed by atoms with Crippen molar-refractivity contribution in [2.24, 2.45) is 0 Å². The first-order valence-corrected chi connectivity index (χ1v) is 4.37. The number of rotatable bonds is 0. The summed E-state index contributed by atoms with van der Waals surface area (Å²) in [5.41, 5.74) is 1.68. The summed E-state index contributed by atoms with van der Waals surface area (Å²) in [5, 5.41) is 3.64. The molecule has 1 aliphatic heterocycles. The lowest BCUT2D eigenvalue weighted by Gasteiger charge is -2.27. The van der Waals surface area contributed by atoms with Crippen LogP contribution in [0.25, 0.3) is 0 Å². The molecule has 1 aliphatic rings. The summed E-state index contributed by atoms with van der Waals surface area (Å²) in [7, 11) is 1.75. The van der Waals surface area contributed by atoms with Crippen LogP contribution in [0.2, 0.25) is 5.02 Å². The van der Waals surface area contributed by atoms with E-state index < -0.39 is 0 Å². The van der Waals surface area contributed by atoms with Gasteiger partial charge in [-0.05, 0) is 12.1 Å². The van der Waals surface area contributed by atoms with Gasteiger partial charge in [0.05, 0.1) is 22.9 Å². The van der Waals surface area contributed by atoms with Crippen LogP contribution in [0.5, 0.6) is 0 Å². The van der Waals surface area contributed by atoms with Gasteiger partial charge in [0.2, 0.25) is 5.91 Å². The number of para-hydroxylation sites is 1. The van der Waals surface area contributed by atoms with Crippen molar-refractivity contribution < 1.29 is 4.79 Å². The number of anilines is 2. The molecule has 0 saturated carbocycles. The molecule has 0 unspecified atom stereocenters. The lowest BCUT2D eigenvalue weighted by Crippen LogP contribution is -2.36. The molecule has 0 bridgehead atoms. The van der Waals surface area contributed by atoms with Gasteiger partial charge >= 0.3 is 0 Å². The third-order valence-corrected chi connectivity index (χ3v) is 2.46. The molecule has 1 heterocycles. The molecule has 0 saturated heterocycles. The van der Waals surface area contributed by atoms with E-state index in [1.165, 1.54) is 0 Å². The Morgan fingerprint density at radius 1 is 1.54 bits per heavy atom. The number of carbonyl (C=O) groups excluding carboxylic acids is 1. The van der Waals surface area contributed by atoms with Crippen molar-refractivity contribution in [3.8, 4) is 0 Å². The lowest BCUT2D eigenvalue weighted by molar-refractivity contribution is -0.116. The van der Waals surface area contributed by atoms with Gasteiger partial charge in [-0.2, -0.15) is 0 Å². The summed E-state index contributed by atoms with van der Waals surface area (Å²) in [6.07, 6.45) is 0. The van der Waals surface area contributed by atoms with Crippen LogP contribution in [-0.2, 0) is 4.79 Å². The highest BCUT2D eigenvalue weighted by molar-refractivity contribution is 6.34. The molecule has 2 rings (SSSR count). The zero-order chi connectivity index (χ0) is 9.42. The van der Waals surface area contributed by atoms with E-state index in [1.807, 2.05) is 12.1 Å². The summed E-state index contributed by atoms with van der Waals surface area (Å²) in [6.45, 7) is 0.313. The Morgan fingerprint density at radius 2 is 2.31 bits per heavy atom. The number of fused-ring (bicyclic) bond motifs is 1. The zero-order valence-corrected chi connectivity index (χ0v) is 7.93. The van der Waals surface area contributed by atoms with Crippen LogP contribution in [0.3, 0.4) is 0 Å². The molecule has 1 aromatic rings. The Morgan fingerprint density at radius 3 is 3.08 bits per heavy atom. The molecular formula is C9H9ClN2O. The number of nitrogens with zero attached hydrogens (tertiary/aromatic N) is 1. The molecule has 0 radical (unpaired) electrons. The van der Waals surface area contributed by atoms with Gasteiger partial charge in [-0.1, -0.05) is 17.7 Å². The average molecular weight is 197 g/mol. The van der Waals surface area contributed by atoms with E-state index >= 15 is 0 Å². The summed E-state index contributed by atoms with van der Waals surface area (Å²) >= 11 is 5.95. The molecule has 0 aliphatic carbocycles. The average Bonchev–Trinajstić information content (AvgIpc) is 2.12. The van der Waals surface area contributed by atoms with Crippen molar-refractivity contribution in [3.63, 3.8) is 0 Å².